The molecule has 0 radical (unpaired) electrons. The van der Waals surface area contributed by atoms with E-state index in [-0.39, 0.29) is 5.91 Å². The zero-order valence-corrected chi connectivity index (χ0v) is 15.6. The average Bonchev–Trinajstić information content (AvgIpc) is 2.74. The van der Waals surface area contributed by atoms with E-state index in [0.29, 0.717) is 18.7 Å². The number of hydrogen-bond donors (Lipinski definition) is 1. The first-order valence-electron chi connectivity index (χ1n) is 9.40. The van der Waals surface area contributed by atoms with Gasteiger partial charge in [0, 0.05) is 6.54 Å². The fourth-order valence-electron chi connectivity index (χ4n) is 2.93. The maximum Gasteiger partial charge on any atom is 0.261 e. The van der Waals surface area contributed by atoms with E-state index in [1.807, 2.05) is 67.6 Å². The first-order chi connectivity index (χ1) is 13.3. The predicted octanol–water partition coefficient (Wildman–Crippen LogP) is 4.87. The lowest BCUT2D eigenvalue weighted by molar-refractivity contribution is -0.128. The lowest BCUT2D eigenvalue weighted by Gasteiger charge is -2.17. The van der Waals surface area contributed by atoms with Crippen molar-refractivity contribution in [2.75, 3.05) is 6.54 Å². The lowest BCUT2D eigenvalue weighted by atomic mass is 10.1. The second-order valence-electron chi connectivity index (χ2n) is 6.43. The Kier molecular flexibility index (Phi) is 6.64. The molecule has 3 heteroatoms. The molecule has 0 saturated heterocycles. The molecular weight excluding hydrogens is 334 g/mol. The van der Waals surface area contributed by atoms with Crippen molar-refractivity contribution >= 4 is 5.91 Å². The third kappa shape index (κ3) is 5.45. The third-order valence-electron chi connectivity index (χ3n) is 4.46. The van der Waals surface area contributed by atoms with Gasteiger partial charge in [-0.3, -0.25) is 4.79 Å². The van der Waals surface area contributed by atoms with E-state index in [4.69, 9.17) is 4.74 Å². The van der Waals surface area contributed by atoms with Crippen LogP contribution in [0, 0.1) is 0 Å². The van der Waals surface area contributed by atoms with Crippen molar-refractivity contribution in [3.63, 3.8) is 0 Å². The van der Waals surface area contributed by atoms with Crippen molar-refractivity contribution in [3.8, 4) is 16.9 Å². The van der Waals surface area contributed by atoms with Crippen LogP contribution in [0.1, 0.15) is 18.9 Å². The van der Waals surface area contributed by atoms with Crippen LogP contribution < -0.4 is 10.1 Å². The van der Waals surface area contributed by atoms with Gasteiger partial charge in [-0.2, -0.15) is 0 Å². The summed E-state index contributed by atoms with van der Waals surface area (Å²) in [7, 11) is 0. The molecule has 3 rings (SSSR count). The van der Waals surface area contributed by atoms with Crippen LogP contribution in [0.5, 0.6) is 5.75 Å². The highest BCUT2D eigenvalue weighted by Crippen LogP contribution is 2.23. The number of rotatable bonds is 8. The molecule has 138 valence electrons. The molecule has 1 atom stereocenters. The second kappa shape index (κ2) is 9.58. The number of amides is 1. The number of ether oxygens (including phenoxy) is 1. The van der Waals surface area contributed by atoms with Gasteiger partial charge in [-0.15, -0.1) is 0 Å². The summed E-state index contributed by atoms with van der Waals surface area (Å²) in [5.74, 6) is 0.639. The summed E-state index contributed by atoms with van der Waals surface area (Å²) in [6.07, 6.45) is 0.954. The van der Waals surface area contributed by atoms with Crippen LogP contribution in [0.4, 0.5) is 0 Å². The van der Waals surface area contributed by atoms with Crippen molar-refractivity contribution in [2.45, 2.75) is 25.9 Å². The molecule has 1 unspecified atom stereocenters. The normalized spacial score (nSPS) is 11.6. The van der Waals surface area contributed by atoms with Crippen molar-refractivity contribution < 1.29 is 9.53 Å². The molecule has 0 aliphatic carbocycles. The van der Waals surface area contributed by atoms with E-state index in [0.717, 1.165) is 17.5 Å². The van der Waals surface area contributed by atoms with Crippen molar-refractivity contribution in [3.05, 3.63) is 90.5 Å². The van der Waals surface area contributed by atoms with Gasteiger partial charge in [0.05, 0.1) is 0 Å². The Morgan fingerprint density at radius 2 is 1.44 bits per heavy atom. The van der Waals surface area contributed by atoms with E-state index in [1.165, 1.54) is 5.56 Å². The standard InChI is InChI=1S/C24H25NO2/c1-2-23(24(26)25-18-17-19-9-5-3-6-10-19)27-22-15-13-21(14-16-22)20-11-7-4-8-12-20/h3-16,23H,2,17-18H2,1H3,(H,25,26). The fraction of sp³-hybridized carbons (Fsp3) is 0.208. The number of carbonyl (C=O) groups is 1. The van der Waals surface area contributed by atoms with Gasteiger partial charge in [0.2, 0.25) is 0 Å². The monoisotopic (exact) mass is 359 g/mol. The Hall–Kier alpha value is -3.07. The topological polar surface area (TPSA) is 38.3 Å². The molecule has 3 aromatic carbocycles. The minimum absolute atomic E-state index is 0.0689. The van der Waals surface area contributed by atoms with Crippen LogP contribution in [0.15, 0.2) is 84.9 Å². The summed E-state index contributed by atoms with van der Waals surface area (Å²) in [4.78, 5) is 12.4. The maximum atomic E-state index is 12.4. The molecule has 1 amide bonds. The van der Waals surface area contributed by atoms with E-state index < -0.39 is 6.10 Å². The summed E-state index contributed by atoms with van der Waals surface area (Å²) in [5, 5.41) is 2.98. The zero-order chi connectivity index (χ0) is 18.9. The highest BCUT2D eigenvalue weighted by Gasteiger charge is 2.17. The van der Waals surface area contributed by atoms with Crippen LogP contribution in [0.3, 0.4) is 0 Å². The maximum absolute atomic E-state index is 12.4. The van der Waals surface area contributed by atoms with E-state index in [1.54, 1.807) is 0 Å². The van der Waals surface area contributed by atoms with Gasteiger partial charge in [0.15, 0.2) is 6.10 Å². The molecule has 0 fully saturated rings. The van der Waals surface area contributed by atoms with Crippen molar-refractivity contribution in [1.29, 1.82) is 0 Å². The fourth-order valence-corrected chi connectivity index (χ4v) is 2.93. The van der Waals surface area contributed by atoms with Gasteiger partial charge in [-0.1, -0.05) is 79.7 Å². The first kappa shape index (κ1) is 18.7. The summed E-state index contributed by atoms with van der Waals surface area (Å²) >= 11 is 0. The largest absolute Gasteiger partial charge is 0.481 e. The molecule has 0 aromatic heterocycles. The van der Waals surface area contributed by atoms with Crippen LogP contribution in [-0.4, -0.2) is 18.6 Å². The molecule has 3 nitrogen and oxygen atoms in total. The molecule has 0 saturated carbocycles. The van der Waals surface area contributed by atoms with Gasteiger partial charge >= 0.3 is 0 Å². The Morgan fingerprint density at radius 3 is 2.07 bits per heavy atom. The van der Waals surface area contributed by atoms with E-state index >= 15 is 0 Å². The minimum Gasteiger partial charge on any atom is -0.481 e. The van der Waals surface area contributed by atoms with Crippen LogP contribution in [-0.2, 0) is 11.2 Å². The number of nitrogens with one attached hydrogen (secondary N) is 1. The van der Waals surface area contributed by atoms with Crippen LogP contribution in [0.2, 0.25) is 0 Å². The van der Waals surface area contributed by atoms with Crippen molar-refractivity contribution in [1.82, 2.24) is 5.32 Å². The lowest BCUT2D eigenvalue weighted by Crippen LogP contribution is -2.38. The smallest absolute Gasteiger partial charge is 0.261 e. The highest BCUT2D eigenvalue weighted by molar-refractivity contribution is 5.81. The number of hydrogen-bond acceptors (Lipinski definition) is 2. The van der Waals surface area contributed by atoms with E-state index in [9.17, 15) is 4.79 Å². The number of carbonyl (C=O) groups excluding carboxylic acids is 1. The second-order valence-corrected chi connectivity index (χ2v) is 6.43. The third-order valence-corrected chi connectivity index (χ3v) is 4.46. The summed E-state index contributed by atoms with van der Waals surface area (Å²) in [6, 6.07) is 28.2. The van der Waals surface area contributed by atoms with Crippen molar-refractivity contribution in [2.24, 2.45) is 0 Å². The molecule has 0 spiro atoms. The van der Waals surface area contributed by atoms with Gasteiger partial charge in [-0.25, -0.2) is 0 Å². The Morgan fingerprint density at radius 1 is 0.852 bits per heavy atom. The Labute approximate surface area is 161 Å². The zero-order valence-electron chi connectivity index (χ0n) is 15.6. The minimum atomic E-state index is -0.483. The molecule has 1 N–H and O–H groups in total. The Balaban J connectivity index is 1.53. The molecule has 3 aromatic rings. The summed E-state index contributed by atoms with van der Waals surface area (Å²) in [5.41, 5.74) is 3.50. The first-order valence-corrected chi connectivity index (χ1v) is 9.40. The SMILES string of the molecule is CCC(Oc1ccc(-c2ccccc2)cc1)C(=O)NCCc1ccccc1. The Bertz CT molecular complexity index is 829. The number of benzene rings is 3. The van der Waals surface area contributed by atoms with Gasteiger partial charge < -0.3 is 10.1 Å². The molecule has 0 heterocycles. The molecular formula is C24H25NO2. The summed E-state index contributed by atoms with van der Waals surface area (Å²) < 4.78 is 5.91. The molecule has 0 bridgehead atoms. The predicted molar refractivity (Wildman–Crippen MR) is 110 cm³/mol. The quantitative estimate of drug-likeness (QED) is 0.623. The van der Waals surface area contributed by atoms with Gasteiger partial charge in [0.1, 0.15) is 5.75 Å². The van der Waals surface area contributed by atoms with Crippen LogP contribution in [0.25, 0.3) is 11.1 Å². The average molecular weight is 359 g/mol. The van der Waals surface area contributed by atoms with E-state index in [2.05, 4.69) is 29.6 Å². The highest BCUT2D eigenvalue weighted by atomic mass is 16.5. The molecule has 0 aliphatic heterocycles. The van der Waals surface area contributed by atoms with Gasteiger partial charge in [-0.05, 0) is 41.7 Å². The van der Waals surface area contributed by atoms with Crippen LogP contribution >= 0.6 is 0 Å². The molecule has 27 heavy (non-hydrogen) atoms. The summed E-state index contributed by atoms with van der Waals surface area (Å²) in [6.45, 7) is 2.56. The molecule has 0 aliphatic rings. The van der Waals surface area contributed by atoms with Gasteiger partial charge in [0.25, 0.3) is 5.91 Å².